The van der Waals surface area contributed by atoms with Gasteiger partial charge in [-0.2, -0.15) is 0 Å². The number of benzene rings is 1. The molecule has 2 amide bonds. The average Bonchev–Trinajstić information content (AvgIpc) is 2.71. The number of hydrogen-bond donors (Lipinski definition) is 2. The highest BCUT2D eigenvalue weighted by Crippen LogP contribution is 2.27. The Balaban J connectivity index is 1.70. The molecule has 3 rings (SSSR count). The first-order chi connectivity index (χ1) is 13.5. The van der Waals surface area contributed by atoms with E-state index in [0.717, 1.165) is 11.3 Å². The Labute approximate surface area is 163 Å². The Morgan fingerprint density at radius 3 is 2.75 bits per heavy atom. The summed E-state index contributed by atoms with van der Waals surface area (Å²) in [5, 5.41) is 5.24. The third-order valence-corrected chi connectivity index (χ3v) is 4.72. The van der Waals surface area contributed by atoms with E-state index in [1.54, 1.807) is 6.92 Å². The fraction of sp³-hybridized carbons (Fsp3) is 0.450. The third-order valence-electron chi connectivity index (χ3n) is 4.72. The monoisotopic (exact) mass is 388 g/mol. The van der Waals surface area contributed by atoms with E-state index in [0.29, 0.717) is 12.8 Å². The maximum Gasteiger partial charge on any atom is 0.338 e. The van der Waals surface area contributed by atoms with Crippen molar-refractivity contribution in [3.8, 4) is 5.75 Å². The van der Waals surface area contributed by atoms with E-state index in [1.807, 2.05) is 31.2 Å². The van der Waals surface area contributed by atoms with Crippen molar-refractivity contribution in [2.75, 3.05) is 19.8 Å². The van der Waals surface area contributed by atoms with Crippen molar-refractivity contribution in [3.63, 3.8) is 0 Å². The summed E-state index contributed by atoms with van der Waals surface area (Å²) in [4.78, 5) is 36.7. The molecule has 0 spiro atoms. The predicted molar refractivity (Wildman–Crippen MR) is 99.5 cm³/mol. The van der Waals surface area contributed by atoms with Gasteiger partial charge in [0.05, 0.1) is 29.8 Å². The first-order valence-corrected chi connectivity index (χ1v) is 9.38. The number of hydrogen-bond acceptors (Lipinski definition) is 6. The fourth-order valence-corrected chi connectivity index (χ4v) is 3.32. The van der Waals surface area contributed by atoms with Crippen LogP contribution in [0.2, 0.25) is 0 Å². The molecule has 8 nitrogen and oxygen atoms in total. The molecule has 2 heterocycles. The number of para-hydroxylation sites is 1. The van der Waals surface area contributed by atoms with Crippen LogP contribution in [0.3, 0.4) is 0 Å². The third kappa shape index (κ3) is 4.27. The van der Waals surface area contributed by atoms with Crippen molar-refractivity contribution in [2.45, 2.75) is 32.7 Å². The van der Waals surface area contributed by atoms with Crippen LogP contribution in [-0.4, -0.2) is 43.8 Å². The molecule has 2 N–H and O–H groups in total. The lowest BCUT2D eigenvalue weighted by molar-refractivity contribution is -0.149. The molecule has 0 aliphatic carbocycles. The Hall–Kier alpha value is -3.03. The molecule has 0 saturated heterocycles. The van der Waals surface area contributed by atoms with Gasteiger partial charge in [-0.3, -0.25) is 4.79 Å². The molecule has 2 atom stereocenters. The number of nitrogens with one attached hydrogen (secondary N) is 2. The smallest absolute Gasteiger partial charge is 0.338 e. The molecular weight excluding hydrogens is 364 g/mol. The van der Waals surface area contributed by atoms with E-state index < -0.39 is 29.9 Å². The molecule has 0 bridgehead atoms. The molecule has 2 aliphatic heterocycles. The van der Waals surface area contributed by atoms with Gasteiger partial charge in [0.2, 0.25) is 0 Å². The summed E-state index contributed by atoms with van der Waals surface area (Å²) in [5.74, 6) is -0.648. The second-order valence-corrected chi connectivity index (χ2v) is 6.60. The highest BCUT2D eigenvalue weighted by Gasteiger charge is 2.33. The molecule has 0 radical (unpaired) electrons. The van der Waals surface area contributed by atoms with Gasteiger partial charge in [-0.1, -0.05) is 25.1 Å². The molecule has 0 aromatic heterocycles. The number of amides is 2. The summed E-state index contributed by atoms with van der Waals surface area (Å²) in [6.45, 7) is 3.77. The van der Waals surface area contributed by atoms with Gasteiger partial charge < -0.3 is 24.8 Å². The summed E-state index contributed by atoms with van der Waals surface area (Å²) in [5.41, 5.74) is 1.48. The Morgan fingerprint density at radius 2 is 2.00 bits per heavy atom. The van der Waals surface area contributed by atoms with E-state index in [9.17, 15) is 14.4 Å². The van der Waals surface area contributed by atoms with Gasteiger partial charge in [-0.05, 0) is 31.4 Å². The van der Waals surface area contributed by atoms with Crippen LogP contribution < -0.4 is 15.4 Å². The first-order valence-electron chi connectivity index (χ1n) is 9.38. The first kappa shape index (κ1) is 19.7. The van der Waals surface area contributed by atoms with Gasteiger partial charge in [0, 0.05) is 0 Å². The highest BCUT2D eigenvalue weighted by molar-refractivity contribution is 5.94. The zero-order chi connectivity index (χ0) is 20.1. The van der Waals surface area contributed by atoms with Gasteiger partial charge in [-0.15, -0.1) is 0 Å². The Bertz CT molecular complexity index is 804. The normalized spacial score (nSPS) is 21.0. The van der Waals surface area contributed by atoms with Gasteiger partial charge in [0.25, 0.3) is 0 Å². The van der Waals surface area contributed by atoms with Gasteiger partial charge in [0.1, 0.15) is 19.0 Å². The van der Waals surface area contributed by atoms with E-state index in [4.69, 9.17) is 14.2 Å². The largest absolute Gasteiger partial charge is 0.492 e. The topological polar surface area (TPSA) is 103 Å². The molecular formula is C20H24N2O6. The standard InChI is InChI=1S/C20H24N2O6/c1-3-14-17(19(24)26-4-2)15(22-20(25)21-14)11-28-18(23)13-9-12-7-5-6-8-16(12)27-10-13/h5-8,13-14H,3-4,9-11H2,1-2H3,(H2,21,22,25)/t13-,14-/m1/s1. The predicted octanol–water partition coefficient (Wildman–Crippen LogP) is 1.69. The molecule has 0 fully saturated rings. The number of esters is 2. The van der Waals surface area contributed by atoms with Crippen LogP contribution in [0.4, 0.5) is 4.79 Å². The summed E-state index contributed by atoms with van der Waals surface area (Å²) in [6, 6.07) is 6.61. The van der Waals surface area contributed by atoms with Crippen molar-refractivity contribution < 1.29 is 28.6 Å². The van der Waals surface area contributed by atoms with Gasteiger partial charge >= 0.3 is 18.0 Å². The number of ether oxygens (including phenoxy) is 3. The molecule has 8 heteroatoms. The maximum atomic E-state index is 12.5. The van der Waals surface area contributed by atoms with Gasteiger partial charge in [0.15, 0.2) is 0 Å². The van der Waals surface area contributed by atoms with Crippen LogP contribution in [0.1, 0.15) is 25.8 Å². The summed E-state index contributed by atoms with van der Waals surface area (Å²) in [6.07, 6.45) is 1.02. The van der Waals surface area contributed by atoms with E-state index >= 15 is 0 Å². The Kier molecular flexibility index (Phi) is 6.18. The average molecular weight is 388 g/mol. The Morgan fingerprint density at radius 1 is 1.21 bits per heavy atom. The lowest BCUT2D eigenvalue weighted by atomic mass is 9.97. The second kappa shape index (κ2) is 8.77. The lowest BCUT2D eigenvalue weighted by Gasteiger charge is -2.29. The van der Waals surface area contributed by atoms with E-state index in [1.165, 1.54) is 0 Å². The fourth-order valence-electron chi connectivity index (χ4n) is 3.32. The minimum atomic E-state index is -0.539. The van der Waals surface area contributed by atoms with Crippen LogP contribution >= 0.6 is 0 Å². The van der Waals surface area contributed by atoms with Crippen molar-refractivity contribution in [3.05, 3.63) is 41.1 Å². The number of fused-ring (bicyclic) bond motifs is 1. The van der Waals surface area contributed by atoms with Crippen molar-refractivity contribution in [2.24, 2.45) is 5.92 Å². The number of urea groups is 1. The van der Waals surface area contributed by atoms with Crippen LogP contribution in [0.5, 0.6) is 5.75 Å². The highest BCUT2D eigenvalue weighted by atomic mass is 16.5. The lowest BCUT2D eigenvalue weighted by Crippen LogP contribution is -2.51. The van der Waals surface area contributed by atoms with Crippen LogP contribution in [-0.2, 0) is 25.5 Å². The second-order valence-electron chi connectivity index (χ2n) is 6.60. The van der Waals surface area contributed by atoms with Crippen molar-refractivity contribution in [1.82, 2.24) is 10.6 Å². The van der Waals surface area contributed by atoms with Crippen LogP contribution in [0.25, 0.3) is 0 Å². The van der Waals surface area contributed by atoms with E-state index in [2.05, 4.69) is 10.6 Å². The molecule has 0 unspecified atom stereocenters. The summed E-state index contributed by atoms with van der Waals surface area (Å²) < 4.78 is 16.1. The minimum absolute atomic E-state index is 0.207. The molecule has 150 valence electrons. The van der Waals surface area contributed by atoms with Crippen LogP contribution in [0, 0.1) is 5.92 Å². The molecule has 1 aromatic rings. The van der Waals surface area contributed by atoms with Crippen molar-refractivity contribution >= 4 is 18.0 Å². The van der Waals surface area contributed by atoms with Gasteiger partial charge in [-0.25, -0.2) is 9.59 Å². The quantitative estimate of drug-likeness (QED) is 0.719. The number of rotatable bonds is 6. The van der Waals surface area contributed by atoms with Crippen molar-refractivity contribution in [1.29, 1.82) is 0 Å². The number of carbonyl (C=O) groups is 3. The zero-order valence-corrected chi connectivity index (χ0v) is 15.9. The molecule has 2 aliphatic rings. The minimum Gasteiger partial charge on any atom is -0.492 e. The number of carbonyl (C=O) groups excluding carboxylic acids is 3. The molecule has 1 aromatic carbocycles. The molecule has 28 heavy (non-hydrogen) atoms. The maximum absolute atomic E-state index is 12.5. The zero-order valence-electron chi connectivity index (χ0n) is 15.9. The SMILES string of the molecule is CCOC(=O)C1=C(COC(=O)[C@H]2COc3ccccc3C2)NC(=O)N[C@@H]1CC. The van der Waals surface area contributed by atoms with E-state index in [-0.39, 0.29) is 31.1 Å². The van der Waals surface area contributed by atoms with Crippen LogP contribution in [0.15, 0.2) is 35.5 Å². The summed E-state index contributed by atoms with van der Waals surface area (Å²) in [7, 11) is 0. The molecule has 0 saturated carbocycles. The summed E-state index contributed by atoms with van der Waals surface area (Å²) >= 11 is 0.